The quantitative estimate of drug-likeness (QED) is 0.172. The van der Waals surface area contributed by atoms with Crippen molar-refractivity contribution < 1.29 is 64.5 Å². The van der Waals surface area contributed by atoms with E-state index in [2.05, 4.69) is 0 Å². The summed E-state index contributed by atoms with van der Waals surface area (Å²) in [5.74, 6) is 0. The molecule has 32 heavy (non-hydrogen) atoms. The van der Waals surface area contributed by atoms with E-state index in [1.54, 1.807) is 0 Å². The fourth-order valence-electron chi connectivity index (χ4n) is 3.88. The van der Waals surface area contributed by atoms with Crippen molar-refractivity contribution in [1.29, 1.82) is 0 Å². The Hall–Kier alpha value is -0.600. The van der Waals surface area contributed by atoms with E-state index in [0.29, 0.717) is 0 Å². The van der Waals surface area contributed by atoms with Crippen LogP contribution in [-0.4, -0.2) is 147 Å². The first-order valence-electron chi connectivity index (χ1n) is 10.1. The zero-order valence-corrected chi connectivity index (χ0v) is 17.0. The fraction of sp³-hybridized carbons (Fsp3) is 1.00. The maximum Gasteiger partial charge on any atom is 0.187 e. The van der Waals surface area contributed by atoms with Gasteiger partial charge in [0, 0.05) is 0 Å². The highest BCUT2D eigenvalue weighted by Gasteiger charge is 2.50. The smallest absolute Gasteiger partial charge is 0.187 e. The van der Waals surface area contributed by atoms with Crippen LogP contribution in [0.4, 0.5) is 0 Å². The summed E-state index contributed by atoms with van der Waals surface area (Å²) in [6.07, 6.45) is -17.7. The first kappa shape index (κ1) is 26.0. The third-order valence-electron chi connectivity index (χ3n) is 5.84. The molecule has 188 valence electrons. The van der Waals surface area contributed by atoms with Crippen LogP contribution in [0.1, 0.15) is 0 Å². The Kier molecular flexibility index (Phi) is 8.75. The van der Waals surface area contributed by atoms with Gasteiger partial charge in [0.1, 0.15) is 48.8 Å². The van der Waals surface area contributed by atoms with Gasteiger partial charge in [-0.2, -0.15) is 0 Å². The molecule has 3 saturated heterocycles. The Morgan fingerprint density at radius 2 is 1.25 bits per heavy atom. The molecule has 0 aromatic rings. The number of ether oxygens (including phenoxy) is 5. The summed E-state index contributed by atoms with van der Waals surface area (Å²) in [5.41, 5.74) is 12.1. The SMILES string of the molecule is N[C@H]1[C@H](O[C@H]2[C@@H](O)[C@H](O)[C@@H](CO)O[C@@H]2O)OC[C@@H](N)[C@@H]1O[C@H]1O[C@H](CO)[C@@H](O)[C@H](O)[C@@H]1O. The topological polar surface area (TPSA) is 260 Å². The van der Waals surface area contributed by atoms with Gasteiger partial charge in [-0.1, -0.05) is 0 Å². The first-order valence-corrected chi connectivity index (χ1v) is 10.1. The second kappa shape index (κ2) is 10.8. The van der Waals surface area contributed by atoms with Crippen molar-refractivity contribution >= 4 is 0 Å². The zero-order valence-electron chi connectivity index (χ0n) is 17.0. The van der Waals surface area contributed by atoms with Crippen LogP contribution < -0.4 is 11.5 Å². The average molecular weight is 472 g/mol. The largest absolute Gasteiger partial charge is 0.394 e. The van der Waals surface area contributed by atoms with Gasteiger partial charge in [-0.3, -0.25) is 0 Å². The second-order valence-corrected chi connectivity index (χ2v) is 8.07. The Bertz CT molecular complexity index is 603. The van der Waals surface area contributed by atoms with Crippen molar-refractivity contribution in [2.45, 2.75) is 85.9 Å². The fourth-order valence-corrected chi connectivity index (χ4v) is 3.88. The van der Waals surface area contributed by atoms with Crippen LogP contribution in [0.3, 0.4) is 0 Å². The van der Waals surface area contributed by atoms with Crippen LogP contribution in [0.2, 0.25) is 0 Å². The predicted molar refractivity (Wildman–Crippen MR) is 99.2 cm³/mol. The van der Waals surface area contributed by atoms with Crippen LogP contribution >= 0.6 is 0 Å². The van der Waals surface area contributed by atoms with E-state index in [1.165, 1.54) is 0 Å². The van der Waals surface area contributed by atoms with Crippen molar-refractivity contribution in [1.82, 2.24) is 0 Å². The average Bonchev–Trinajstić information content (AvgIpc) is 2.77. The lowest BCUT2D eigenvalue weighted by molar-refractivity contribution is -0.347. The molecule has 3 fully saturated rings. The maximum atomic E-state index is 10.2. The molecule has 3 aliphatic heterocycles. The summed E-state index contributed by atoms with van der Waals surface area (Å²) in [5, 5.41) is 78.8. The van der Waals surface area contributed by atoms with Gasteiger partial charge in [0.05, 0.1) is 38.0 Å². The monoisotopic (exact) mass is 472 g/mol. The minimum atomic E-state index is -1.72. The second-order valence-electron chi connectivity index (χ2n) is 8.07. The maximum absolute atomic E-state index is 10.2. The van der Waals surface area contributed by atoms with Gasteiger partial charge in [-0.05, 0) is 0 Å². The Morgan fingerprint density at radius 3 is 1.88 bits per heavy atom. The molecule has 0 unspecified atom stereocenters. The van der Waals surface area contributed by atoms with Gasteiger partial charge in [-0.25, -0.2) is 0 Å². The molecule has 0 aromatic heterocycles. The first-order chi connectivity index (χ1) is 15.1. The third kappa shape index (κ3) is 5.07. The van der Waals surface area contributed by atoms with Crippen molar-refractivity contribution in [3.63, 3.8) is 0 Å². The number of rotatable bonds is 6. The van der Waals surface area contributed by atoms with E-state index in [-0.39, 0.29) is 6.61 Å². The molecule has 0 saturated carbocycles. The molecule has 3 aliphatic rings. The van der Waals surface area contributed by atoms with E-state index < -0.39 is 99.1 Å². The molecule has 3 heterocycles. The Balaban J connectivity index is 1.67. The molecule has 3 rings (SSSR count). The normalized spacial score (nSPS) is 52.7. The van der Waals surface area contributed by atoms with Gasteiger partial charge in [-0.15, -0.1) is 0 Å². The summed E-state index contributed by atoms with van der Waals surface area (Å²) < 4.78 is 26.9. The summed E-state index contributed by atoms with van der Waals surface area (Å²) in [7, 11) is 0. The van der Waals surface area contributed by atoms with Crippen LogP contribution in [0.15, 0.2) is 0 Å². The summed E-state index contributed by atoms with van der Waals surface area (Å²) in [6, 6.07) is -2.02. The van der Waals surface area contributed by atoms with Gasteiger partial charge in [0.2, 0.25) is 0 Å². The van der Waals surface area contributed by atoms with Gasteiger partial charge in [0.25, 0.3) is 0 Å². The van der Waals surface area contributed by atoms with Crippen molar-refractivity contribution in [2.24, 2.45) is 11.5 Å². The van der Waals surface area contributed by atoms with Crippen LogP contribution in [-0.2, 0) is 23.7 Å². The molecule has 0 aliphatic carbocycles. The highest BCUT2D eigenvalue weighted by atomic mass is 16.7. The molecule has 15 heteroatoms. The van der Waals surface area contributed by atoms with Crippen LogP contribution in [0.25, 0.3) is 0 Å². The Labute approximate surface area is 182 Å². The van der Waals surface area contributed by atoms with Gasteiger partial charge >= 0.3 is 0 Å². The molecule has 0 bridgehead atoms. The van der Waals surface area contributed by atoms with E-state index in [1.807, 2.05) is 0 Å². The van der Waals surface area contributed by atoms with E-state index in [4.69, 9.17) is 40.3 Å². The number of nitrogens with two attached hydrogens (primary N) is 2. The van der Waals surface area contributed by atoms with Gasteiger partial charge in [0.15, 0.2) is 18.9 Å². The van der Waals surface area contributed by atoms with E-state index >= 15 is 0 Å². The summed E-state index contributed by atoms with van der Waals surface area (Å²) in [4.78, 5) is 0. The minimum Gasteiger partial charge on any atom is -0.394 e. The molecular weight excluding hydrogens is 440 g/mol. The standard InChI is InChI=1S/C17H32N2O13/c18-4-3-28-16(32-14-11(25)9(23)5(1-20)29-15(14)27)7(19)13(4)31-17-12(26)10(24)8(22)6(2-21)30-17/h4-17,20-27H,1-3,18-19H2/t4-,5-,6-,7-,8-,9-,10+,11+,12+,13+,14+,15+,16+,17-/m1/s1. The molecule has 0 aromatic carbocycles. The molecule has 0 radical (unpaired) electrons. The number of hydrogen-bond acceptors (Lipinski definition) is 15. The van der Waals surface area contributed by atoms with E-state index in [0.717, 1.165) is 0 Å². The predicted octanol–water partition coefficient (Wildman–Crippen LogP) is -7.00. The highest BCUT2D eigenvalue weighted by Crippen LogP contribution is 2.29. The minimum absolute atomic E-state index is 0.165. The molecule has 14 atom stereocenters. The number of aliphatic hydroxyl groups excluding tert-OH is 8. The third-order valence-corrected chi connectivity index (χ3v) is 5.84. The highest BCUT2D eigenvalue weighted by molar-refractivity contribution is 4.96. The lowest BCUT2D eigenvalue weighted by Gasteiger charge is -2.46. The number of aliphatic hydroxyl groups is 8. The summed E-state index contributed by atoms with van der Waals surface area (Å²) >= 11 is 0. The zero-order chi connectivity index (χ0) is 23.7. The van der Waals surface area contributed by atoms with Crippen molar-refractivity contribution in [3.8, 4) is 0 Å². The summed E-state index contributed by atoms with van der Waals surface area (Å²) in [6.45, 7) is -1.47. The molecular formula is C17H32N2O13. The van der Waals surface area contributed by atoms with Crippen LogP contribution in [0.5, 0.6) is 0 Å². The molecule has 0 amide bonds. The van der Waals surface area contributed by atoms with Crippen LogP contribution in [0, 0.1) is 0 Å². The number of hydrogen-bond donors (Lipinski definition) is 10. The lowest BCUT2D eigenvalue weighted by Crippen LogP contribution is -2.67. The van der Waals surface area contributed by atoms with Gasteiger partial charge < -0.3 is 76.0 Å². The van der Waals surface area contributed by atoms with Crippen molar-refractivity contribution in [2.75, 3.05) is 19.8 Å². The van der Waals surface area contributed by atoms with E-state index in [9.17, 15) is 35.7 Å². The molecule has 15 nitrogen and oxygen atoms in total. The molecule has 0 spiro atoms. The van der Waals surface area contributed by atoms with Crippen molar-refractivity contribution in [3.05, 3.63) is 0 Å². The lowest BCUT2D eigenvalue weighted by atomic mass is 9.97. The Morgan fingerprint density at radius 1 is 0.688 bits per heavy atom. The molecule has 12 N–H and O–H groups in total.